The Morgan fingerprint density at radius 2 is 2.11 bits per heavy atom. The molecule has 2 atom stereocenters. The first kappa shape index (κ1) is 14.2. The highest BCUT2D eigenvalue weighted by Crippen LogP contribution is 2.29. The normalized spacial score (nSPS) is 23.1. The van der Waals surface area contributed by atoms with Gasteiger partial charge >= 0.3 is 0 Å². The van der Waals surface area contributed by atoms with Crippen LogP contribution >= 0.6 is 11.6 Å². The van der Waals surface area contributed by atoms with E-state index in [1.807, 2.05) is 0 Å². The lowest BCUT2D eigenvalue weighted by Crippen LogP contribution is -2.37. The molecule has 1 aromatic rings. The van der Waals surface area contributed by atoms with Crippen molar-refractivity contribution in [1.29, 1.82) is 0 Å². The quantitative estimate of drug-likeness (QED) is 0.792. The lowest BCUT2D eigenvalue weighted by molar-refractivity contribution is 0.100. The number of anilines is 1. The molecule has 2 rings (SSSR count). The number of carbonyl (C=O) groups is 1. The van der Waals surface area contributed by atoms with E-state index in [-0.39, 0.29) is 6.04 Å². The summed E-state index contributed by atoms with van der Waals surface area (Å²) in [6, 6.07) is 5.38. The topological polar surface area (TPSA) is 81.1 Å². The van der Waals surface area contributed by atoms with E-state index in [0.717, 1.165) is 12.8 Å². The number of benzene rings is 1. The predicted octanol–water partition coefficient (Wildman–Crippen LogP) is 2.37. The molecular weight excluding hydrogens is 262 g/mol. The minimum atomic E-state index is -0.445. The molecule has 1 saturated carbocycles. The average Bonchev–Trinajstić information content (AvgIpc) is 2.39. The number of primary amides is 1. The molecule has 19 heavy (non-hydrogen) atoms. The summed E-state index contributed by atoms with van der Waals surface area (Å²) in [4.78, 5) is 11.4. The number of amides is 1. The molecular formula is C14H20ClN3O. The van der Waals surface area contributed by atoms with E-state index in [9.17, 15) is 4.79 Å². The van der Waals surface area contributed by atoms with Crippen molar-refractivity contribution >= 4 is 23.2 Å². The highest BCUT2D eigenvalue weighted by atomic mass is 35.5. The minimum Gasteiger partial charge on any atom is -0.381 e. The van der Waals surface area contributed by atoms with Crippen molar-refractivity contribution in [2.24, 2.45) is 17.4 Å². The summed E-state index contributed by atoms with van der Waals surface area (Å²) in [7, 11) is 0. The minimum absolute atomic E-state index is 0.287. The summed E-state index contributed by atoms with van der Waals surface area (Å²) < 4.78 is 0. The van der Waals surface area contributed by atoms with Gasteiger partial charge in [-0.05, 0) is 43.5 Å². The molecule has 104 valence electrons. The summed E-state index contributed by atoms with van der Waals surface area (Å²) >= 11 is 5.99. The van der Waals surface area contributed by atoms with E-state index in [2.05, 4.69) is 5.32 Å². The van der Waals surface area contributed by atoms with E-state index in [1.165, 1.54) is 12.8 Å². The molecule has 0 aliphatic heterocycles. The van der Waals surface area contributed by atoms with Crippen molar-refractivity contribution in [2.75, 3.05) is 11.9 Å². The summed E-state index contributed by atoms with van der Waals surface area (Å²) in [6.07, 6.45) is 4.59. The highest BCUT2D eigenvalue weighted by Gasteiger charge is 2.24. The van der Waals surface area contributed by atoms with Gasteiger partial charge in [0.15, 0.2) is 0 Å². The molecule has 1 amide bonds. The molecule has 5 N–H and O–H groups in total. The Morgan fingerprint density at radius 3 is 2.79 bits per heavy atom. The van der Waals surface area contributed by atoms with Crippen LogP contribution in [0.4, 0.5) is 5.69 Å². The van der Waals surface area contributed by atoms with Gasteiger partial charge in [-0.25, -0.2) is 0 Å². The van der Waals surface area contributed by atoms with E-state index in [1.54, 1.807) is 18.2 Å². The first-order valence-electron chi connectivity index (χ1n) is 6.67. The zero-order valence-electron chi connectivity index (χ0n) is 10.9. The van der Waals surface area contributed by atoms with Crippen molar-refractivity contribution in [2.45, 2.75) is 31.7 Å². The van der Waals surface area contributed by atoms with Gasteiger partial charge in [-0.2, -0.15) is 0 Å². The third-order valence-corrected chi connectivity index (χ3v) is 4.03. The molecule has 5 heteroatoms. The van der Waals surface area contributed by atoms with Crippen molar-refractivity contribution in [3.05, 3.63) is 28.8 Å². The van der Waals surface area contributed by atoms with Crippen LogP contribution in [0.2, 0.25) is 5.02 Å². The summed E-state index contributed by atoms with van der Waals surface area (Å²) in [5.74, 6) is -0.00673. The Bertz CT molecular complexity index is 464. The summed E-state index contributed by atoms with van der Waals surface area (Å²) in [5, 5.41) is 4.00. The second-order valence-electron chi connectivity index (χ2n) is 5.09. The Labute approximate surface area is 118 Å². The van der Waals surface area contributed by atoms with Crippen LogP contribution in [0.1, 0.15) is 36.0 Å². The number of rotatable bonds is 4. The number of nitrogens with two attached hydrogens (primary N) is 2. The second-order valence-corrected chi connectivity index (χ2v) is 5.52. The molecule has 2 unspecified atom stereocenters. The van der Waals surface area contributed by atoms with Crippen LogP contribution in [-0.4, -0.2) is 18.5 Å². The average molecular weight is 282 g/mol. The highest BCUT2D eigenvalue weighted by molar-refractivity contribution is 6.31. The van der Waals surface area contributed by atoms with Crippen LogP contribution in [0.25, 0.3) is 0 Å². The van der Waals surface area contributed by atoms with Gasteiger partial charge in [0.25, 0.3) is 5.91 Å². The Hall–Kier alpha value is -1.26. The zero-order valence-corrected chi connectivity index (χ0v) is 11.6. The summed E-state index contributed by atoms with van der Waals surface area (Å²) in [5.41, 5.74) is 12.4. The van der Waals surface area contributed by atoms with Gasteiger partial charge in [-0.15, -0.1) is 0 Å². The monoisotopic (exact) mass is 281 g/mol. The fraction of sp³-hybridized carbons (Fsp3) is 0.500. The van der Waals surface area contributed by atoms with Crippen LogP contribution in [-0.2, 0) is 0 Å². The van der Waals surface area contributed by atoms with Gasteiger partial charge in [0.2, 0.25) is 0 Å². The molecule has 1 aromatic carbocycles. The maximum Gasteiger partial charge on any atom is 0.250 e. The maximum absolute atomic E-state index is 11.4. The van der Waals surface area contributed by atoms with Crippen LogP contribution in [0.15, 0.2) is 18.2 Å². The number of nitrogens with one attached hydrogen (secondary N) is 1. The van der Waals surface area contributed by atoms with Crippen molar-refractivity contribution in [3.63, 3.8) is 0 Å². The smallest absolute Gasteiger partial charge is 0.250 e. The number of hydrogen-bond acceptors (Lipinski definition) is 3. The van der Waals surface area contributed by atoms with Crippen LogP contribution < -0.4 is 16.8 Å². The Balaban J connectivity index is 2.21. The standard InChI is InChI=1S/C14H20ClN3O/c15-10-5-6-11(14(17)19)13(7-10)18-12-4-2-1-3-9(12)8-16/h5-7,9,12,18H,1-4,8,16H2,(H2,17,19). The van der Waals surface area contributed by atoms with Gasteiger partial charge in [-0.1, -0.05) is 24.4 Å². The lowest BCUT2D eigenvalue weighted by atomic mass is 9.84. The third kappa shape index (κ3) is 3.39. The molecule has 0 saturated heterocycles. The second kappa shape index (κ2) is 6.26. The van der Waals surface area contributed by atoms with Gasteiger partial charge in [-0.3, -0.25) is 4.79 Å². The van der Waals surface area contributed by atoms with Crippen molar-refractivity contribution in [3.8, 4) is 0 Å². The van der Waals surface area contributed by atoms with Crippen LogP contribution in [0.5, 0.6) is 0 Å². The number of hydrogen-bond donors (Lipinski definition) is 3. The SMILES string of the molecule is NCC1CCCCC1Nc1cc(Cl)ccc1C(N)=O. The largest absolute Gasteiger partial charge is 0.381 e. The zero-order chi connectivity index (χ0) is 13.8. The molecule has 0 aromatic heterocycles. The van der Waals surface area contributed by atoms with E-state index >= 15 is 0 Å². The van der Waals surface area contributed by atoms with E-state index in [0.29, 0.717) is 28.7 Å². The van der Waals surface area contributed by atoms with E-state index in [4.69, 9.17) is 23.1 Å². The third-order valence-electron chi connectivity index (χ3n) is 3.80. The maximum atomic E-state index is 11.4. The van der Waals surface area contributed by atoms with Crippen molar-refractivity contribution < 1.29 is 4.79 Å². The number of carbonyl (C=O) groups excluding carboxylic acids is 1. The van der Waals surface area contributed by atoms with Crippen LogP contribution in [0, 0.1) is 5.92 Å². The first-order valence-corrected chi connectivity index (χ1v) is 7.05. The molecule has 1 fully saturated rings. The van der Waals surface area contributed by atoms with Crippen molar-refractivity contribution in [1.82, 2.24) is 0 Å². The fourth-order valence-electron chi connectivity index (χ4n) is 2.73. The first-order chi connectivity index (χ1) is 9.11. The molecule has 0 bridgehead atoms. The molecule has 1 aliphatic rings. The summed E-state index contributed by atoms with van der Waals surface area (Å²) in [6.45, 7) is 0.657. The number of halogens is 1. The molecule has 0 spiro atoms. The predicted molar refractivity (Wildman–Crippen MR) is 78.4 cm³/mol. The molecule has 4 nitrogen and oxygen atoms in total. The lowest BCUT2D eigenvalue weighted by Gasteiger charge is -2.32. The molecule has 1 aliphatic carbocycles. The fourth-order valence-corrected chi connectivity index (χ4v) is 2.90. The van der Waals surface area contributed by atoms with Crippen LogP contribution in [0.3, 0.4) is 0 Å². The Kier molecular flexibility index (Phi) is 4.66. The Morgan fingerprint density at radius 1 is 1.37 bits per heavy atom. The van der Waals surface area contributed by atoms with Gasteiger partial charge < -0.3 is 16.8 Å². The molecule has 0 heterocycles. The van der Waals surface area contributed by atoms with E-state index < -0.39 is 5.91 Å². The molecule has 0 radical (unpaired) electrons. The van der Waals surface area contributed by atoms with Gasteiger partial charge in [0.05, 0.1) is 5.56 Å². The van der Waals surface area contributed by atoms with Gasteiger partial charge in [0, 0.05) is 16.8 Å². The van der Waals surface area contributed by atoms with Gasteiger partial charge in [0.1, 0.15) is 0 Å².